The van der Waals surface area contributed by atoms with Gasteiger partial charge in [-0.1, -0.05) is 0 Å². The Hall–Kier alpha value is -3.40. The first-order valence-corrected chi connectivity index (χ1v) is 10.5. The standard InChI is InChI=1S/C15H14N4O9S2/c1-8(20)15(18-16-11-6-9(29(23,24)25)2-4-13(11)21)19-17-12-7-10(30(26,27)28)3-5-14(12)22/h2-7,16,21-22H,1H3,(H,23,24,25)(H,26,27,28). The number of phenols is 2. The summed E-state index contributed by atoms with van der Waals surface area (Å²) in [7, 11) is -9.15. The van der Waals surface area contributed by atoms with Gasteiger partial charge in [0, 0.05) is 6.92 Å². The molecule has 160 valence electrons. The second-order valence-electron chi connectivity index (χ2n) is 5.58. The van der Waals surface area contributed by atoms with Gasteiger partial charge >= 0.3 is 0 Å². The maximum Gasteiger partial charge on any atom is 0.294 e. The number of carbonyl (C=O) groups excluding carboxylic acids is 1. The fourth-order valence-corrected chi connectivity index (χ4v) is 2.90. The second kappa shape index (κ2) is 8.54. The number of benzene rings is 2. The Morgan fingerprint density at radius 2 is 1.43 bits per heavy atom. The lowest BCUT2D eigenvalue weighted by Gasteiger charge is -2.06. The van der Waals surface area contributed by atoms with Gasteiger partial charge in [-0.15, -0.1) is 15.3 Å². The highest BCUT2D eigenvalue weighted by molar-refractivity contribution is 7.86. The minimum absolute atomic E-state index is 0.296. The van der Waals surface area contributed by atoms with Crippen molar-refractivity contribution in [2.75, 3.05) is 5.43 Å². The summed E-state index contributed by atoms with van der Waals surface area (Å²) < 4.78 is 62.7. The highest BCUT2D eigenvalue weighted by atomic mass is 32.2. The van der Waals surface area contributed by atoms with Crippen molar-refractivity contribution in [1.82, 2.24) is 0 Å². The van der Waals surface area contributed by atoms with Crippen molar-refractivity contribution in [3.05, 3.63) is 36.4 Å². The van der Waals surface area contributed by atoms with Crippen LogP contribution in [0.5, 0.6) is 11.5 Å². The summed E-state index contributed by atoms with van der Waals surface area (Å²) in [5, 5.41) is 30.0. The smallest absolute Gasteiger partial charge is 0.294 e. The van der Waals surface area contributed by atoms with Crippen molar-refractivity contribution >= 4 is 43.2 Å². The molecule has 5 N–H and O–H groups in total. The highest BCUT2D eigenvalue weighted by Gasteiger charge is 2.15. The summed E-state index contributed by atoms with van der Waals surface area (Å²) in [5.41, 5.74) is 1.48. The van der Waals surface area contributed by atoms with E-state index in [1.165, 1.54) is 0 Å². The monoisotopic (exact) mass is 458 g/mol. The molecule has 0 saturated heterocycles. The molecule has 30 heavy (non-hydrogen) atoms. The molecule has 0 fully saturated rings. The van der Waals surface area contributed by atoms with E-state index >= 15 is 0 Å². The molecule has 2 aromatic rings. The van der Waals surface area contributed by atoms with Crippen molar-refractivity contribution in [2.45, 2.75) is 16.7 Å². The van der Waals surface area contributed by atoms with Crippen molar-refractivity contribution in [3.8, 4) is 11.5 Å². The number of hydrazone groups is 1. The first-order chi connectivity index (χ1) is 13.8. The van der Waals surface area contributed by atoms with Crippen LogP contribution >= 0.6 is 0 Å². The Morgan fingerprint density at radius 3 is 1.97 bits per heavy atom. The van der Waals surface area contributed by atoms with E-state index in [0.717, 1.165) is 43.3 Å². The third kappa shape index (κ3) is 5.80. The molecule has 0 unspecified atom stereocenters. The third-order valence-corrected chi connectivity index (χ3v) is 5.06. The number of nitrogens with zero attached hydrogens (tertiary/aromatic N) is 3. The average Bonchev–Trinajstić information content (AvgIpc) is 2.62. The van der Waals surface area contributed by atoms with Crippen LogP contribution in [0.25, 0.3) is 0 Å². The predicted octanol–water partition coefficient (Wildman–Crippen LogP) is 1.69. The molecule has 0 aliphatic heterocycles. The SMILES string of the molecule is CC(=O)C(N=Nc1cc(S(=O)(=O)O)ccc1O)=NNc1cc(S(=O)(=O)O)ccc1O. The van der Waals surface area contributed by atoms with Gasteiger partial charge in [0.25, 0.3) is 20.2 Å². The van der Waals surface area contributed by atoms with Crippen LogP contribution in [0.1, 0.15) is 6.92 Å². The number of rotatable bonds is 6. The third-order valence-electron chi connectivity index (χ3n) is 3.36. The molecule has 0 aliphatic rings. The number of carbonyl (C=O) groups is 1. The molecular weight excluding hydrogens is 444 g/mol. The molecule has 0 amide bonds. The molecule has 0 bridgehead atoms. The summed E-state index contributed by atoms with van der Waals surface area (Å²) in [6, 6.07) is 5.35. The average molecular weight is 458 g/mol. The minimum Gasteiger partial charge on any atom is -0.506 e. The molecule has 2 rings (SSSR count). The number of amidine groups is 1. The van der Waals surface area contributed by atoms with Crippen LogP contribution < -0.4 is 5.43 Å². The molecule has 0 spiro atoms. The Morgan fingerprint density at radius 1 is 0.900 bits per heavy atom. The van der Waals surface area contributed by atoms with E-state index < -0.39 is 58.8 Å². The Labute approximate surface area is 169 Å². The zero-order chi connectivity index (χ0) is 22.7. The lowest BCUT2D eigenvalue weighted by atomic mass is 10.3. The molecule has 15 heteroatoms. The lowest BCUT2D eigenvalue weighted by Crippen LogP contribution is -2.09. The van der Waals surface area contributed by atoms with Crippen LogP contribution in [0, 0.1) is 0 Å². The number of anilines is 1. The van der Waals surface area contributed by atoms with Crippen LogP contribution in [-0.4, -0.2) is 47.8 Å². The number of Topliss-reactive ketones (excluding diaryl/α,β-unsaturated/α-hetero) is 1. The molecule has 0 radical (unpaired) electrons. The summed E-state index contributed by atoms with van der Waals surface area (Å²) in [5.74, 6) is -2.34. The van der Waals surface area contributed by atoms with E-state index in [-0.39, 0.29) is 5.69 Å². The zero-order valence-electron chi connectivity index (χ0n) is 15.0. The van der Waals surface area contributed by atoms with Gasteiger partial charge in [0.2, 0.25) is 11.6 Å². The van der Waals surface area contributed by atoms with Gasteiger partial charge in [0.05, 0.1) is 15.5 Å². The lowest BCUT2D eigenvalue weighted by molar-refractivity contribution is -0.111. The highest BCUT2D eigenvalue weighted by Crippen LogP contribution is 2.29. The fraction of sp³-hybridized carbons (Fsp3) is 0.0667. The fourth-order valence-electron chi connectivity index (χ4n) is 1.89. The Kier molecular flexibility index (Phi) is 6.51. The minimum atomic E-state index is -4.58. The Balaban J connectivity index is 2.38. The van der Waals surface area contributed by atoms with E-state index in [1.807, 2.05) is 0 Å². The van der Waals surface area contributed by atoms with E-state index in [4.69, 9.17) is 9.11 Å². The maximum atomic E-state index is 11.7. The molecule has 13 nitrogen and oxygen atoms in total. The maximum absolute atomic E-state index is 11.7. The first-order valence-electron chi connectivity index (χ1n) is 7.66. The molecule has 0 aromatic heterocycles. The van der Waals surface area contributed by atoms with Crippen LogP contribution in [0.15, 0.2) is 61.5 Å². The van der Waals surface area contributed by atoms with E-state index in [9.17, 15) is 31.8 Å². The molecule has 0 atom stereocenters. The van der Waals surface area contributed by atoms with Gasteiger partial charge in [-0.3, -0.25) is 19.3 Å². The number of hydrogen-bond donors (Lipinski definition) is 5. The number of hydrogen-bond acceptors (Lipinski definition) is 10. The van der Waals surface area contributed by atoms with E-state index in [1.54, 1.807) is 0 Å². The van der Waals surface area contributed by atoms with Crippen LogP contribution in [0.4, 0.5) is 11.4 Å². The van der Waals surface area contributed by atoms with Crippen LogP contribution in [0.3, 0.4) is 0 Å². The number of azo groups is 1. The topological polar surface area (TPSA) is 215 Å². The zero-order valence-corrected chi connectivity index (χ0v) is 16.6. The molecular formula is C15H14N4O9S2. The van der Waals surface area contributed by atoms with Gasteiger partial charge in [0.1, 0.15) is 17.2 Å². The van der Waals surface area contributed by atoms with Crippen molar-refractivity contribution in [1.29, 1.82) is 0 Å². The normalized spacial score (nSPS) is 12.8. The molecule has 0 heterocycles. The predicted molar refractivity (Wildman–Crippen MR) is 102 cm³/mol. The van der Waals surface area contributed by atoms with Gasteiger partial charge in [-0.25, -0.2) is 0 Å². The largest absolute Gasteiger partial charge is 0.506 e. The number of aromatic hydroxyl groups is 2. The molecule has 0 saturated carbocycles. The van der Waals surface area contributed by atoms with Crippen molar-refractivity contribution in [3.63, 3.8) is 0 Å². The van der Waals surface area contributed by atoms with E-state index in [2.05, 4.69) is 20.8 Å². The number of nitrogens with one attached hydrogen (secondary N) is 1. The van der Waals surface area contributed by atoms with Crippen LogP contribution in [-0.2, 0) is 25.0 Å². The number of phenolic OH excluding ortho intramolecular Hbond substituents is 2. The summed E-state index contributed by atoms with van der Waals surface area (Å²) >= 11 is 0. The van der Waals surface area contributed by atoms with Gasteiger partial charge < -0.3 is 10.2 Å². The first kappa shape index (κ1) is 22.9. The summed E-state index contributed by atoms with van der Waals surface area (Å²) in [6.07, 6.45) is 0. The quantitative estimate of drug-likeness (QED) is 0.105. The van der Waals surface area contributed by atoms with Gasteiger partial charge in [-0.2, -0.15) is 16.8 Å². The van der Waals surface area contributed by atoms with E-state index in [0.29, 0.717) is 0 Å². The van der Waals surface area contributed by atoms with Gasteiger partial charge in [0.15, 0.2) is 0 Å². The van der Waals surface area contributed by atoms with Crippen molar-refractivity contribution < 1.29 is 40.9 Å². The van der Waals surface area contributed by atoms with Crippen LogP contribution in [0.2, 0.25) is 0 Å². The summed E-state index contributed by atoms with van der Waals surface area (Å²) in [6.45, 7) is 1.04. The second-order valence-corrected chi connectivity index (χ2v) is 8.43. The molecule has 0 aliphatic carbocycles. The molecule has 2 aromatic carbocycles. The number of ketones is 1. The Bertz CT molecular complexity index is 1270. The van der Waals surface area contributed by atoms with Gasteiger partial charge in [-0.05, 0) is 36.4 Å². The van der Waals surface area contributed by atoms with Crippen molar-refractivity contribution in [2.24, 2.45) is 15.3 Å². The summed E-state index contributed by atoms with van der Waals surface area (Å²) in [4.78, 5) is 10.5.